The van der Waals surface area contributed by atoms with Gasteiger partial charge in [-0.1, -0.05) is 48.1 Å². The lowest BCUT2D eigenvalue weighted by Gasteiger charge is -2.27. The molecule has 2 aromatic carbocycles. The Morgan fingerprint density at radius 3 is 2.40 bits per heavy atom. The Kier molecular flexibility index (Phi) is 5.23. The number of allylic oxidation sites excluding steroid dienone is 3. The topological polar surface area (TPSA) is 58.8 Å². The van der Waals surface area contributed by atoms with Gasteiger partial charge in [0.05, 0.1) is 14.2 Å². The third-order valence-corrected chi connectivity index (χ3v) is 5.31. The third-order valence-electron chi connectivity index (χ3n) is 5.31. The number of ether oxygens (including phenoxy) is 2. The monoisotopic (exact) mass is 403 g/mol. The van der Waals surface area contributed by atoms with Crippen LogP contribution in [-0.4, -0.2) is 36.4 Å². The van der Waals surface area contributed by atoms with E-state index in [1.54, 1.807) is 29.9 Å². The van der Waals surface area contributed by atoms with Crippen LogP contribution in [0.5, 0.6) is 11.5 Å². The van der Waals surface area contributed by atoms with Gasteiger partial charge in [0.2, 0.25) is 0 Å². The van der Waals surface area contributed by atoms with E-state index in [0.717, 1.165) is 11.1 Å². The number of nitrogens with zero attached hydrogens (tertiary/aromatic N) is 2. The smallest absolute Gasteiger partial charge is 0.493 e. The molecule has 0 aromatic heterocycles. The number of amides is 3. The van der Waals surface area contributed by atoms with E-state index in [-0.39, 0.29) is 11.9 Å². The highest BCUT2D eigenvalue weighted by Gasteiger charge is 2.48. The van der Waals surface area contributed by atoms with E-state index >= 15 is 0 Å². The SMILES string of the molecule is COc1ccc(N2C(=O)C3C=CC=CC3=[N+](Cc3ccc(C)cc3)C2=O)cc1OC. The number of carbonyl (C=O) groups is 2. The maximum atomic E-state index is 13.5. The first-order valence-electron chi connectivity index (χ1n) is 9.68. The molecule has 30 heavy (non-hydrogen) atoms. The fourth-order valence-corrected chi connectivity index (χ4v) is 3.70. The molecule has 1 heterocycles. The number of imide groups is 1. The summed E-state index contributed by atoms with van der Waals surface area (Å²) in [5.41, 5.74) is 3.27. The zero-order valence-corrected chi connectivity index (χ0v) is 17.2. The number of methoxy groups -OCH3 is 2. The van der Waals surface area contributed by atoms with Crippen LogP contribution in [-0.2, 0) is 11.3 Å². The molecule has 6 heteroatoms. The predicted octanol–water partition coefficient (Wildman–Crippen LogP) is 3.87. The van der Waals surface area contributed by atoms with E-state index in [9.17, 15) is 9.59 Å². The number of urea groups is 1. The van der Waals surface area contributed by atoms with Crippen LogP contribution in [0.4, 0.5) is 10.5 Å². The minimum Gasteiger partial charge on any atom is -0.493 e. The molecule has 2 aliphatic rings. The first-order chi connectivity index (χ1) is 14.5. The molecule has 3 amide bonds. The highest BCUT2D eigenvalue weighted by atomic mass is 16.5. The minimum atomic E-state index is -0.522. The molecule has 0 radical (unpaired) electrons. The number of hydrogen-bond acceptors (Lipinski definition) is 4. The lowest BCUT2D eigenvalue weighted by Crippen LogP contribution is -2.54. The van der Waals surface area contributed by atoms with Crippen LogP contribution in [0, 0.1) is 12.8 Å². The Morgan fingerprint density at radius 1 is 0.967 bits per heavy atom. The largest absolute Gasteiger partial charge is 0.506 e. The van der Waals surface area contributed by atoms with Crippen LogP contribution < -0.4 is 14.4 Å². The van der Waals surface area contributed by atoms with Crippen LogP contribution in [0.15, 0.2) is 66.8 Å². The number of hydrogen-bond donors (Lipinski definition) is 0. The Labute approximate surface area is 175 Å². The maximum absolute atomic E-state index is 13.5. The van der Waals surface area contributed by atoms with Gasteiger partial charge in [-0.3, -0.25) is 0 Å². The summed E-state index contributed by atoms with van der Waals surface area (Å²) < 4.78 is 12.3. The van der Waals surface area contributed by atoms with Crippen molar-refractivity contribution in [2.75, 3.05) is 19.1 Å². The highest BCUT2D eigenvalue weighted by Crippen LogP contribution is 2.34. The molecule has 6 nitrogen and oxygen atoms in total. The molecule has 1 unspecified atom stereocenters. The Hall–Kier alpha value is -3.67. The quantitative estimate of drug-likeness (QED) is 0.711. The van der Waals surface area contributed by atoms with Crippen molar-refractivity contribution in [2.45, 2.75) is 13.5 Å². The first kappa shape index (κ1) is 19.6. The van der Waals surface area contributed by atoms with Gasteiger partial charge in [0.25, 0.3) is 0 Å². The third kappa shape index (κ3) is 3.41. The van der Waals surface area contributed by atoms with Crippen molar-refractivity contribution in [1.29, 1.82) is 0 Å². The van der Waals surface area contributed by atoms with Gasteiger partial charge in [0.15, 0.2) is 11.5 Å². The average molecular weight is 403 g/mol. The number of fused-ring (bicyclic) bond motifs is 1. The van der Waals surface area contributed by atoms with E-state index < -0.39 is 5.92 Å². The number of rotatable bonds is 5. The molecule has 1 aliphatic carbocycles. The number of carbonyl (C=O) groups excluding carboxylic acids is 2. The van der Waals surface area contributed by atoms with Gasteiger partial charge in [-0.15, -0.1) is 4.90 Å². The van der Waals surface area contributed by atoms with Crippen molar-refractivity contribution < 1.29 is 23.6 Å². The first-order valence-corrected chi connectivity index (χ1v) is 9.68. The van der Waals surface area contributed by atoms with Crippen molar-refractivity contribution in [3.63, 3.8) is 0 Å². The predicted molar refractivity (Wildman–Crippen MR) is 114 cm³/mol. The van der Waals surface area contributed by atoms with Crippen LogP contribution in [0.1, 0.15) is 11.1 Å². The molecule has 1 atom stereocenters. The van der Waals surface area contributed by atoms with E-state index in [2.05, 4.69) is 0 Å². The summed E-state index contributed by atoms with van der Waals surface area (Å²) in [4.78, 5) is 28.0. The maximum Gasteiger partial charge on any atom is 0.506 e. The zero-order valence-electron chi connectivity index (χ0n) is 17.2. The van der Waals surface area contributed by atoms with Crippen molar-refractivity contribution in [2.24, 2.45) is 5.92 Å². The molecule has 0 N–H and O–H groups in total. The summed E-state index contributed by atoms with van der Waals surface area (Å²) in [6.07, 6.45) is 7.33. The zero-order chi connectivity index (χ0) is 21.3. The van der Waals surface area contributed by atoms with Crippen molar-refractivity contribution >= 4 is 23.3 Å². The second-order valence-electron chi connectivity index (χ2n) is 7.21. The van der Waals surface area contributed by atoms with Gasteiger partial charge in [-0.05, 0) is 30.7 Å². The van der Waals surface area contributed by atoms with Gasteiger partial charge < -0.3 is 9.47 Å². The summed E-state index contributed by atoms with van der Waals surface area (Å²) in [5.74, 6) is 0.172. The summed E-state index contributed by atoms with van der Waals surface area (Å²) in [7, 11) is 3.06. The molecule has 0 saturated carbocycles. The van der Waals surface area contributed by atoms with Crippen LogP contribution >= 0.6 is 0 Å². The van der Waals surface area contributed by atoms with Gasteiger partial charge in [0, 0.05) is 6.07 Å². The Morgan fingerprint density at radius 2 is 1.70 bits per heavy atom. The van der Waals surface area contributed by atoms with E-state index in [0.29, 0.717) is 29.4 Å². The molecule has 4 rings (SSSR count). The molecule has 152 valence electrons. The van der Waals surface area contributed by atoms with Crippen LogP contribution in [0.3, 0.4) is 0 Å². The standard InChI is InChI=1S/C24H23N2O4/c1-16-8-10-17(11-9-16)15-25-20-7-5-4-6-19(20)23(27)26(24(25)28)18-12-13-21(29-2)22(14-18)30-3/h4-14,19H,15H2,1-3H3/q+1. The fourth-order valence-electron chi connectivity index (χ4n) is 3.70. The minimum absolute atomic E-state index is 0.289. The van der Waals surface area contributed by atoms with Crippen LogP contribution in [0.25, 0.3) is 0 Å². The van der Waals surface area contributed by atoms with Crippen molar-refractivity contribution in [3.8, 4) is 11.5 Å². The summed E-state index contributed by atoms with van der Waals surface area (Å²) in [6, 6.07) is 12.7. The van der Waals surface area contributed by atoms with E-state index in [4.69, 9.17) is 9.47 Å². The van der Waals surface area contributed by atoms with Gasteiger partial charge in [-0.25, -0.2) is 4.79 Å². The van der Waals surface area contributed by atoms with Gasteiger partial charge in [0.1, 0.15) is 23.9 Å². The Balaban J connectivity index is 1.79. The molecule has 1 aliphatic heterocycles. The Bertz CT molecular complexity index is 1100. The fraction of sp³-hybridized carbons (Fsp3) is 0.208. The van der Waals surface area contributed by atoms with Gasteiger partial charge in [-0.2, -0.15) is 9.37 Å². The highest BCUT2D eigenvalue weighted by molar-refractivity contribution is 6.25. The number of anilines is 1. The molecular weight excluding hydrogens is 380 g/mol. The number of benzene rings is 2. The second kappa shape index (κ2) is 7.99. The van der Waals surface area contributed by atoms with E-state index in [1.807, 2.05) is 55.5 Å². The van der Waals surface area contributed by atoms with E-state index in [1.165, 1.54) is 12.0 Å². The molecule has 2 aromatic rings. The molecule has 0 fully saturated rings. The second-order valence-corrected chi connectivity index (χ2v) is 7.21. The molecular formula is C24H23N2O4+. The lowest BCUT2D eigenvalue weighted by molar-refractivity contribution is -0.445. The molecule has 0 saturated heterocycles. The van der Waals surface area contributed by atoms with Crippen molar-refractivity contribution in [1.82, 2.24) is 0 Å². The van der Waals surface area contributed by atoms with Crippen LogP contribution in [0.2, 0.25) is 0 Å². The molecule has 0 spiro atoms. The summed E-state index contributed by atoms with van der Waals surface area (Å²) in [6.45, 7) is 2.40. The summed E-state index contributed by atoms with van der Waals surface area (Å²) >= 11 is 0. The summed E-state index contributed by atoms with van der Waals surface area (Å²) in [5, 5.41) is 0. The lowest BCUT2D eigenvalue weighted by atomic mass is 9.94. The number of aryl methyl sites for hydroxylation is 1. The molecule has 0 bridgehead atoms. The van der Waals surface area contributed by atoms with Crippen molar-refractivity contribution in [3.05, 3.63) is 77.9 Å². The van der Waals surface area contributed by atoms with Gasteiger partial charge >= 0.3 is 11.9 Å². The normalized spacial score (nSPS) is 18.0. The average Bonchev–Trinajstić information content (AvgIpc) is 2.78.